The Labute approximate surface area is 239 Å². The highest BCUT2D eigenvalue weighted by Gasteiger charge is 2.36. The minimum absolute atomic E-state index is 0.0350. The Morgan fingerprint density at radius 2 is 1.15 bits per heavy atom. The molecule has 5 atom stereocenters. The maximum atomic E-state index is 11.1. The lowest BCUT2D eigenvalue weighted by atomic mass is 9.91. The van der Waals surface area contributed by atoms with Gasteiger partial charge >= 0.3 is 0 Å². The number of hydrogen-bond acceptors (Lipinski definition) is 12. The van der Waals surface area contributed by atoms with Crippen LogP contribution in [0.2, 0.25) is 0 Å². The largest absolute Gasteiger partial charge is 0.493 e. The van der Waals surface area contributed by atoms with Crippen LogP contribution < -0.4 is 28.4 Å². The summed E-state index contributed by atoms with van der Waals surface area (Å²) in [4.78, 5) is 0. The Kier molecular flexibility index (Phi) is 13.2. The van der Waals surface area contributed by atoms with E-state index < -0.39 is 37.1 Å². The smallest absolute Gasteiger partial charge is 0.203 e. The first-order valence-corrected chi connectivity index (χ1v) is 12.6. The second-order valence-electron chi connectivity index (χ2n) is 8.91. The molecule has 0 amide bonds. The van der Waals surface area contributed by atoms with E-state index in [4.69, 9.17) is 33.5 Å². The van der Waals surface area contributed by atoms with Crippen LogP contribution in [0, 0.1) is 0 Å². The number of methoxy groups -OCH3 is 6. The van der Waals surface area contributed by atoms with Crippen LogP contribution in [0.15, 0.2) is 41.6 Å². The van der Waals surface area contributed by atoms with Gasteiger partial charge in [0.2, 0.25) is 11.5 Å². The maximum absolute atomic E-state index is 11.1. The molecule has 228 valence electrons. The van der Waals surface area contributed by atoms with E-state index in [0.29, 0.717) is 45.6 Å². The fraction of sp³-hybridized carbons (Fsp3) is 0.483. The molecule has 0 aliphatic heterocycles. The second-order valence-corrected chi connectivity index (χ2v) is 8.91. The van der Waals surface area contributed by atoms with Crippen molar-refractivity contribution in [2.45, 2.75) is 43.4 Å². The molecule has 2 rings (SSSR count). The number of benzene rings is 2. The first-order chi connectivity index (χ1) is 19.6. The van der Waals surface area contributed by atoms with Crippen molar-refractivity contribution in [1.82, 2.24) is 0 Å². The molecule has 12 heteroatoms. The number of rotatable bonds is 16. The molecule has 0 radical (unpaired) electrons. The van der Waals surface area contributed by atoms with Gasteiger partial charge in [0.25, 0.3) is 0 Å². The van der Waals surface area contributed by atoms with Crippen LogP contribution in [0.5, 0.6) is 34.5 Å². The van der Waals surface area contributed by atoms with Crippen molar-refractivity contribution in [3.05, 3.63) is 52.8 Å². The molecule has 0 aliphatic rings. The summed E-state index contributed by atoms with van der Waals surface area (Å²) in [7, 11) is 8.83. The van der Waals surface area contributed by atoms with Gasteiger partial charge in [-0.25, -0.2) is 0 Å². The standard InChI is InChI=1S/C29H40O12/c1-36-20-12-10-16(26(38-3)28(20)40-5)8-7-9-17(22(32)24(34)25(35)23(33)19(31)15-30)14-18-11-13-21(37-2)29(41-6)27(18)39-4/h7,10-13,19,22-25,30-35H,8,14-15H2,1-6H3/t9?,19-,22?,23+,24+,25-/m0/s1. The molecule has 41 heavy (non-hydrogen) atoms. The van der Waals surface area contributed by atoms with Crippen molar-refractivity contribution in [2.75, 3.05) is 49.3 Å². The number of ether oxygens (including phenoxy) is 6. The molecule has 0 fully saturated rings. The van der Waals surface area contributed by atoms with Gasteiger partial charge in [0.05, 0.1) is 49.3 Å². The van der Waals surface area contributed by atoms with Crippen LogP contribution in [0.1, 0.15) is 11.1 Å². The van der Waals surface area contributed by atoms with E-state index in [9.17, 15) is 25.5 Å². The first kappa shape index (κ1) is 33.7. The molecule has 12 nitrogen and oxygen atoms in total. The normalized spacial score (nSPS) is 14.5. The molecule has 0 heterocycles. The number of aliphatic hydroxyl groups is 6. The Morgan fingerprint density at radius 3 is 1.61 bits per heavy atom. The summed E-state index contributed by atoms with van der Waals surface area (Å²) >= 11 is 0. The highest BCUT2D eigenvalue weighted by molar-refractivity contribution is 5.57. The van der Waals surface area contributed by atoms with Crippen LogP contribution in [-0.4, -0.2) is 110 Å². The summed E-state index contributed by atoms with van der Waals surface area (Å²) < 4.78 is 32.6. The number of hydrogen-bond donors (Lipinski definition) is 6. The van der Waals surface area contributed by atoms with Crippen LogP contribution in [0.4, 0.5) is 0 Å². The number of aliphatic hydroxyl groups excluding tert-OH is 6. The van der Waals surface area contributed by atoms with Gasteiger partial charge in [0.15, 0.2) is 23.0 Å². The molecule has 0 saturated carbocycles. The van der Waals surface area contributed by atoms with Gasteiger partial charge in [-0.2, -0.15) is 0 Å². The lowest BCUT2D eigenvalue weighted by molar-refractivity contribution is -0.134. The fourth-order valence-electron chi connectivity index (χ4n) is 4.30. The molecule has 0 spiro atoms. The summed E-state index contributed by atoms with van der Waals surface area (Å²) in [5.74, 6) is 2.34. The van der Waals surface area contributed by atoms with E-state index in [-0.39, 0.29) is 18.4 Å². The Balaban J connectivity index is 2.59. The zero-order valence-electron chi connectivity index (χ0n) is 24.0. The molecule has 0 aliphatic carbocycles. The Morgan fingerprint density at radius 1 is 0.659 bits per heavy atom. The monoisotopic (exact) mass is 580 g/mol. The van der Waals surface area contributed by atoms with Crippen molar-refractivity contribution in [1.29, 1.82) is 0 Å². The molecule has 0 bridgehead atoms. The maximum Gasteiger partial charge on any atom is 0.203 e. The van der Waals surface area contributed by atoms with E-state index in [0.717, 1.165) is 0 Å². The third-order valence-corrected chi connectivity index (χ3v) is 6.52. The predicted molar refractivity (Wildman–Crippen MR) is 148 cm³/mol. The predicted octanol–water partition coefficient (Wildman–Crippen LogP) is 0.402. The quantitative estimate of drug-likeness (QED) is 0.151. The molecule has 2 aromatic rings. The zero-order valence-corrected chi connectivity index (χ0v) is 24.0. The van der Waals surface area contributed by atoms with Crippen molar-refractivity contribution < 1.29 is 59.1 Å². The summed E-state index contributed by atoms with van der Waals surface area (Å²) in [6, 6.07) is 6.81. The molecule has 2 aromatic carbocycles. The van der Waals surface area contributed by atoms with E-state index in [1.807, 2.05) is 0 Å². The summed E-state index contributed by atoms with van der Waals surface area (Å²) in [6.07, 6.45) is -7.56. The third-order valence-electron chi connectivity index (χ3n) is 6.52. The fourth-order valence-corrected chi connectivity index (χ4v) is 4.30. The average molecular weight is 581 g/mol. The van der Waals surface area contributed by atoms with Gasteiger partial charge < -0.3 is 59.1 Å². The van der Waals surface area contributed by atoms with Crippen LogP contribution >= 0.6 is 0 Å². The van der Waals surface area contributed by atoms with Crippen molar-refractivity contribution >= 4 is 0 Å². The lowest BCUT2D eigenvalue weighted by Crippen LogP contribution is -2.50. The van der Waals surface area contributed by atoms with Crippen LogP contribution in [-0.2, 0) is 12.8 Å². The highest BCUT2D eigenvalue weighted by Crippen LogP contribution is 2.41. The molecule has 1 unspecified atom stereocenters. The van der Waals surface area contributed by atoms with Crippen LogP contribution in [0.3, 0.4) is 0 Å². The van der Waals surface area contributed by atoms with E-state index >= 15 is 0 Å². The van der Waals surface area contributed by atoms with E-state index in [1.165, 1.54) is 42.7 Å². The van der Waals surface area contributed by atoms with Crippen molar-refractivity contribution in [3.63, 3.8) is 0 Å². The van der Waals surface area contributed by atoms with Crippen molar-refractivity contribution in [3.8, 4) is 34.5 Å². The SMILES string of the molecule is COc1ccc(CC=C=C(Cc2ccc(OC)c(OC)c2OC)C(O)[C@@H](O)[C@@H](O)[C@H](O)[C@@H](O)CO)c(OC)c1OC. The third kappa shape index (κ3) is 7.84. The first-order valence-electron chi connectivity index (χ1n) is 12.6. The van der Waals surface area contributed by atoms with Crippen molar-refractivity contribution in [2.24, 2.45) is 0 Å². The molecular weight excluding hydrogens is 540 g/mol. The average Bonchev–Trinajstić information content (AvgIpc) is 3.01. The van der Waals surface area contributed by atoms with E-state index in [2.05, 4.69) is 5.73 Å². The van der Waals surface area contributed by atoms with Gasteiger partial charge in [-0.15, -0.1) is 5.73 Å². The van der Waals surface area contributed by atoms with Gasteiger partial charge in [0, 0.05) is 29.5 Å². The lowest BCUT2D eigenvalue weighted by Gasteiger charge is -2.29. The van der Waals surface area contributed by atoms with Crippen LogP contribution in [0.25, 0.3) is 0 Å². The van der Waals surface area contributed by atoms with E-state index in [1.54, 1.807) is 30.3 Å². The molecular formula is C29H40O12. The van der Waals surface area contributed by atoms with Gasteiger partial charge in [-0.1, -0.05) is 12.1 Å². The topological polar surface area (TPSA) is 177 Å². The Bertz CT molecular complexity index is 1190. The van der Waals surface area contributed by atoms with Gasteiger partial charge in [0.1, 0.15) is 30.5 Å². The molecule has 6 N–H and O–H groups in total. The summed E-state index contributed by atoms with van der Waals surface area (Å²) in [5, 5.41) is 61.2. The second kappa shape index (κ2) is 16.1. The van der Waals surface area contributed by atoms with Gasteiger partial charge in [-0.05, 0) is 18.2 Å². The molecule has 0 saturated heterocycles. The zero-order chi connectivity index (χ0) is 30.7. The van der Waals surface area contributed by atoms with Gasteiger partial charge in [-0.3, -0.25) is 0 Å². The minimum Gasteiger partial charge on any atom is -0.493 e. The minimum atomic E-state index is -2.00. The summed E-state index contributed by atoms with van der Waals surface area (Å²) in [6.45, 7) is -0.861. The molecule has 0 aromatic heterocycles. The summed E-state index contributed by atoms with van der Waals surface area (Å²) in [5.41, 5.74) is 4.33. The Hall–Kier alpha value is -3.48. The highest BCUT2D eigenvalue weighted by atomic mass is 16.5.